The first kappa shape index (κ1) is 15.2. The highest BCUT2D eigenvalue weighted by Crippen LogP contribution is 2.25. The largest absolute Gasteiger partial charge is 0.487 e. The summed E-state index contributed by atoms with van der Waals surface area (Å²) in [6.07, 6.45) is 6.15. The van der Waals surface area contributed by atoms with Crippen molar-refractivity contribution in [1.29, 1.82) is 0 Å². The summed E-state index contributed by atoms with van der Waals surface area (Å²) in [7, 11) is 0. The van der Waals surface area contributed by atoms with E-state index in [1.807, 2.05) is 6.92 Å². The Morgan fingerprint density at radius 2 is 2.16 bits per heavy atom. The summed E-state index contributed by atoms with van der Waals surface area (Å²) in [4.78, 5) is 0. The fourth-order valence-electron chi connectivity index (χ4n) is 1.57. The van der Waals surface area contributed by atoms with Gasteiger partial charge in [0.1, 0.15) is 18.5 Å². The minimum absolute atomic E-state index is 0.250. The summed E-state index contributed by atoms with van der Waals surface area (Å²) < 4.78 is 31.0. The molecule has 0 aliphatic rings. The SMILES string of the molecule is Cc1cc(OC(C)/C=C\C=C/CF)cc(F)c1NN. The van der Waals surface area contributed by atoms with Crippen LogP contribution >= 0.6 is 0 Å². The average molecular weight is 268 g/mol. The fourth-order valence-corrected chi connectivity index (χ4v) is 1.57. The molecule has 0 heterocycles. The molecule has 0 saturated heterocycles. The summed E-state index contributed by atoms with van der Waals surface area (Å²) >= 11 is 0. The van der Waals surface area contributed by atoms with Crippen molar-refractivity contribution in [3.63, 3.8) is 0 Å². The number of ether oxygens (including phenoxy) is 1. The van der Waals surface area contributed by atoms with E-state index in [2.05, 4.69) is 5.43 Å². The Balaban J connectivity index is 2.72. The Morgan fingerprint density at radius 1 is 1.42 bits per heavy atom. The number of nitrogen functional groups attached to an aromatic ring is 1. The molecule has 0 fully saturated rings. The maximum atomic E-state index is 13.6. The zero-order valence-corrected chi connectivity index (χ0v) is 11.0. The van der Waals surface area contributed by atoms with Crippen LogP contribution < -0.4 is 16.0 Å². The van der Waals surface area contributed by atoms with Gasteiger partial charge in [0.05, 0.1) is 5.69 Å². The zero-order valence-electron chi connectivity index (χ0n) is 11.0. The summed E-state index contributed by atoms with van der Waals surface area (Å²) in [6.45, 7) is 3.04. The van der Waals surface area contributed by atoms with Crippen LogP contribution in [0.3, 0.4) is 0 Å². The number of aryl methyl sites for hydroxylation is 1. The molecule has 0 saturated carbocycles. The van der Waals surface area contributed by atoms with Gasteiger partial charge in [-0.3, -0.25) is 5.84 Å². The Labute approximate surface area is 111 Å². The van der Waals surface area contributed by atoms with Gasteiger partial charge in [-0.25, -0.2) is 8.78 Å². The van der Waals surface area contributed by atoms with Crippen LogP contribution in [-0.4, -0.2) is 12.8 Å². The van der Waals surface area contributed by atoms with E-state index in [1.54, 1.807) is 31.2 Å². The molecule has 19 heavy (non-hydrogen) atoms. The number of nitrogens with two attached hydrogens (primary N) is 1. The second-order valence-corrected chi connectivity index (χ2v) is 4.03. The second-order valence-electron chi connectivity index (χ2n) is 4.03. The average Bonchev–Trinajstić information content (AvgIpc) is 2.34. The number of alkyl halides is 1. The normalized spacial score (nSPS) is 13.1. The molecule has 0 aromatic heterocycles. The highest BCUT2D eigenvalue weighted by molar-refractivity contribution is 5.54. The Bertz CT molecular complexity index is 450. The second kappa shape index (κ2) is 7.53. The van der Waals surface area contributed by atoms with Gasteiger partial charge in [0.25, 0.3) is 0 Å². The topological polar surface area (TPSA) is 47.3 Å². The Kier molecular flexibility index (Phi) is 6.02. The molecule has 1 unspecified atom stereocenters. The van der Waals surface area contributed by atoms with E-state index in [0.29, 0.717) is 11.3 Å². The molecule has 3 N–H and O–H groups in total. The van der Waals surface area contributed by atoms with Crippen LogP contribution in [-0.2, 0) is 0 Å². The van der Waals surface area contributed by atoms with Crippen molar-refractivity contribution >= 4 is 5.69 Å². The third kappa shape index (κ3) is 4.71. The first-order valence-electron chi connectivity index (χ1n) is 5.91. The molecule has 0 spiro atoms. The lowest BCUT2D eigenvalue weighted by Crippen LogP contribution is -2.12. The van der Waals surface area contributed by atoms with Crippen molar-refractivity contribution in [2.24, 2.45) is 5.84 Å². The highest BCUT2D eigenvalue weighted by atomic mass is 19.1. The van der Waals surface area contributed by atoms with Crippen LogP contribution in [0, 0.1) is 12.7 Å². The number of rotatable bonds is 6. The van der Waals surface area contributed by atoms with Gasteiger partial charge in [-0.05, 0) is 31.6 Å². The van der Waals surface area contributed by atoms with Crippen molar-refractivity contribution in [3.8, 4) is 5.75 Å². The molecule has 0 aliphatic carbocycles. The van der Waals surface area contributed by atoms with Crippen LogP contribution in [0.25, 0.3) is 0 Å². The fraction of sp³-hybridized carbons (Fsp3) is 0.286. The summed E-state index contributed by atoms with van der Waals surface area (Å²) in [6, 6.07) is 2.96. The number of hydrazine groups is 1. The molecule has 3 nitrogen and oxygen atoms in total. The van der Waals surface area contributed by atoms with Crippen molar-refractivity contribution in [2.45, 2.75) is 20.0 Å². The highest BCUT2D eigenvalue weighted by Gasteiger charge is 2.08. The number of hydrogen-bond donors (Lipinski definition) is 2. The number of nitrogens with one attached hydrogen (secondary N) is 1. The number of anilines is 1. The molecule has 0 bridgehead atoms. The van der Waals surface area contributed by atoms with E-state index in [1.165, 1.54) is 12.1 Å². The molecule has 0 amide bonds. The van der Waals surface area contributed by atoms with E-state index in [-0.39, 0.29) is 11.8 Å². The minimum atomic E-state index is -0.502. The molecule has 0 aliphatic heterocycles. The van der Waals surface area contributed by atoms with Crippen LogP contribution in [0.2, 0.25) is 0 Å². The third-order valence-corrected chi connectivity index (χ3v) is 2.45. The lowest BCUT2D eigenvalue weighted by molar-refractivity contribution is 0.268. The summed E-state index contributed by atoms with van der Waals surface area (Å²) in [5.41, 5.74) is 3.21. The molecular formula is C14H18F2N2O. The summed E-state index contributed by atoms with van der Waals surface area (Å²) in [5.74, 6) is 5.17. The predicted molar refractivity (Wildman–Crippen MR) is 73.3 cm³/mol. The maximum Gasteiger partial charge on any atom is 0.151 e. The van der Waals surface area contributed by atoms with Gasteiger partial charge in [-0.15, -0.1) is 0 Å². The Morgan fingerprint density at radius 3 is 2.74 bits per heavy atom. The number of allylic oxidation sites excluding steroid dienone is 3. The molecule has 5 heteroatoms. The van der Waals surface area contributed by atoms with Crippen molar-refractivity contribution in [1.82, 2.24) is 0 Å². The van der Waals surface area contributed by atoms with Gasteiger partial charge < -0.3 is 10.2 Å². The van der Waals surface area contributed by atoms with E-state index in [0.717, 1.165) is 0 Å². The van der Waals surface area contributed by atoms with Gasteiger partial charge in [0.15, 0.2) is 5.82 Å². The quantitative estimate of drug-likeness (QED) is 0.473. The third-order valence-electron chi connectivity index (χ3n) is 2.45. The van der Waals surface area contributed by atoms with Gasteiger partial charge in [-0.2, -0.15) is 0 Å². The van der Waals surface area contributed by atoms with Crippen LogP contribution in [0.15, 0.2) is 36.4 Å². The van der Waals surface area contributed by atoms with Gasteiger partial charge in [-0.1, -0.05) is 18.2 Å². The van der Waals surface area contributed by atoms with Crippen molar-refractivity contribution in [2.75, 3.05) is 12.1 Å². The molecule has 1 aromatic carbocycles. The van der Waals surface area contributed by atoms with E-state index in [4.69, 9.17) is 10.6 Å². The zero-order chi connectivity index (χ0) is 14.3. The molecule has 1 atom stereocenters. The van der Waals surface area contributed by atoms with Crippen molar-refractivity contribution in [3.05, 3.63) is 47.8 Å². The number of benzene rings is 1. The number of halogens is 2. The monoisotopic (exact) mass is 268 g/mol. The summed E-state index contributed by atoms with van der Waals surface area (Å²) in [5, 5.41) is 0. The Hall–Kier alpha value is -1.88. The first-order valence-corrected chi connectivity index (χ1v) is 5.91. The smallest absolute Gasteiger partial charge is 0.151 e. The van der Waals surface area contributed by atoms with Crippen LogP contribution in [0.1, 0.15) is 12.5 Å². The van der Waals surface area contributed by atoms with Gasteiger partial charge in [0, 0.05) is 6.07 Å². The molecule has 1 aromatic rings. The van der Waals surface area contributed by atoms with E-state index >= 15 is 0 Å². The van der Waals surface area contributed by atoms with E-state index in [9.17, 15) is 8.78 Å². The van der Waals surface area contributed by atoms with Gasteiger partial charge in [0.2, 0.25) is 0 Å². The minimum Gasteiger partial charge on any atom is -0.487 e. The standard InChI is InChI=1S/C14H18F2N2O/c1-10-8-12(9-13(16)14(10)18-17)19-11(2)6-4-3-5-7-15/h3-6,8-9,11,18H,7,17H2,1-2H3/b5-3-,6-4-. The number of hydrogen-bond acceptors (Lipinski definition) is 3. The molecule has 104 valence electrons. The molecule has 1 rings (SSSR count). The lowest BCUT2D eigenvalue weighted by atomic mass is 10.2. The predicted octanol–water partition coefficient (Wildman–Crippen LogP) is 3.27. The first-order chi connectivity index (χ1) is 9.08. The van der Waals surface area contributed by atoms with Gasteiger partial charge >= 0.3 is 0 Å². The maximum absolute atomic E-state index is 13.6. The molecular weight excluding hydrogens is 250 g/mol. The van der Waals surface area contributed by atoms with E-state index < -0.39 is 12.5 Å². The van der Waals surface area contributed by atoms with Crippen molar-refractivity contribution < 1.29 is 13.5 Å². The van der Waals surface area contributed by atoms with Crippen LogP contribution in [0.4, 0.5) is 14.5 Å². The lowest BCUT2D eigenvalue weighted by Gasteiger charge is -2.13. The van der Waals surface area contributed by atoms with Crippen LogP contribution in [0.5, 0.6) is 5.75 Å². The molecule has 0 radical (unpaired) electrons.